The van der Waals surface area contributed by atoms with Crippen molar-refractivity contribution in [2.75, 3.05) is 49.1 Å². The van der Waals surface area contributed by atoms with Crippen LogP contribution in [0.15, 0.2) is 34.7 Å². The van der Waals surface area contributed by atoms with E-state index in [9.17, 15) is 13.6 Å². The molecular weight excluding hydrogens is 452 g/mol. The molecule has 1 amide bonds. The van der Waals surface area contributed by atoms with E-state index in [1.54, 1.807) is 23.1 Å². The summed E-state index contributed by atoms with van der Waals surface area (Å²) in [5.41, 5.74) is 3.25. The molecule has 2 fully saturated rings. The number of pyridine rings is 1. The molecule has 0 aliphatic carbocycles. The van der Waals surface area contributed by atoms with E-state index in [1.807, 2.05) is 28.9 Å². The monoisotopic (exact) mass is 475 g/mol. The molecule has 174 valence electrons. The molecule has 10 heteroatoms. The lowest BCUT2D eigenvalue weighted by Gasteiger charge is -2.35. The number of amides is 1. The zero-order valence-corrected chi connectivity index (χ0v) is 19.0. The van der Waals surface area contributed by atoms with E-state index in [0.717, 1.165) is 5.69 Å². The lowest BCUT2D eigenvalue weighted by atomic mass is 10.0. The second kappa shape index (κ2) is 8.44. The molecule has 0 unspecified atom stereocenters. The minimum absolute atomic E-state index is 0.129. The number of rotatable bonds is 3. The van der Waals surface area contributed by atoms with Crippen LogP contribution in [0.2, 0.25) is 5.02 Å². The number of halogens is 3. The molecule has 3 aromatic rings. The third kappa shape index (κ3) is 4.59. The highest BCUT2D eigenvalue weighted by atomic mass is 35.5. The molecule has 0 spiro atoms. The van der Waals surface area contributed by atoms with Crippen molar-refractivity contribution in [2.24, 2.45) is 0 Å². The van der Waals surface area contributed by atoms with Crippen LogP contribution in [0.25, 0.3) is 11.2 Å². The minimum Gasteiger partial charge on any atom is -0.422 e. The topological polar surface area (TPSA) is 65.7 Å². The standard InChI is InChI=1S/C23H24ClF2N5O2/c1-15-2-3-19-20(27-15)28-22(33-19)31-10-8-30(9-11-31)21(32)16-12-17(24)14-18(13-16)29-6-4-23(25,26)5-7-29/h2-3,12-14H,4-11H2,1H3. The molecule has 2 aliphatic rings. The predicted octanol–water partition coefficient (Wildman–Crippen LogP) is 4.38. The van der Waals surface area contributed by atoms with Gasteiger partial charge in [0, 0.05) is 74.1 Å². The van der Waals surface area contributed by atoms with Crippen molar-refractivity contribution in [1.29, 1.82) is 0 Å². The summed E-state index contributed by atoms with van der Waals surface area (Å²) in [7, 11) is 0. The Bertz CT molecular complexity index is 1180. The number of carbonyl (C=O) groups excluding carboxylic acids is 1. The van der Waals surface area contributed by atoms with Crippen LogP contribution in [-0.4, -0.2) is 66.0 Å². The Balaban J connectivity index is 1.26. The van der Waals surface area contributed by atoms with Crippen molar-refractivity contribution >= 4 is 40.4 Å². The van der Waals surface area contributed by atoms with Crippen molar-refractivity contribution < 1.29 is 18.0 Å². The maximum atomic E-state index is 13.5. The first-order valence-electron chi connectivity index (χ1n) is 11.0. The Kier molecular flexibility index (Phi) is 5.60. The number of hydrogen-bond acceptors (Lipinski definition) is 6. The number of fused-ring (bicyclic) bond motifs is 1. The molecule has 1 aromatic carbocycles. The molecule has 0 radical (unpaired) electrons. The highest BCUT2D eigenvalue weighted by Gasteiger charge is 2.34. The van der Waals surface area contributed by atoms with E-state index in [1.165, 1.54) is 0 Å². The van der Waals surface area contributed by atoms with Gasteiger partial charge >= 0.3 is 0 Å². The molecule has 7 nitrogen and oxygen atoms in total. The Hall–Kier alpha value is -2.94. The fourth-order valence-electron chi connectivity index (χ4n) is 4.29. The van der Waals surface area contributed by atoms with Crippen LogP contribution in [0.5, 0.6) is 0 Å². The summed E-state index contributed by atoms with van der Waals surface area (Å²) >= 11 is 6.28. The van der Waals surface area contributed by atoms with Gasteiger partial charge in [-0.05, 0) is 37.3 Å². The number of piperazine rings is 1. The second-order valence-corrected chi connectivity index (χ2v) is 9.03. The van der Waals surface area contributed by atoms with Crippen molar-refractivity contribution in [3.63, 3.8) is 0 Å². The van der Waals surface area contributed by atoms with Crippen LogP contribution in [0, 0.1) is 6.92 Å². The lowest BCUT2D eigenvalue weighted by molar-refractivity contribution is -0.0220. The van der Waals surface area contributed by atoms with Gasteiger partial charge in [-0.1, -0.05) is 11.6 Å². The number of benzene rings is 1. The van der Waals surface area contributed by atoms with E-state index in [-0.39, 0.29) is 31.8 Å². The summed E-state index contributed by atoms with van der Waals surface area (Å²) in [6.45, 7) is 4.53. The van der Waals surface area contributed by atoms with Gasteiger partial charge < -0.3 is 19.1 Å². The molecule has 4 heterocycles. The SMILES string of the molecule is Cc1ccc2oc(N3CCN(C(=O)c4cc(Cl)cc(N5CCC(F)(F)CC5)c4)CC3)nc2n1. The predicted molar refractivity (Wildman–Crippen MR) is 123 cm³/mol. The third-order valence-corrected chi connectivity index (χ3v) is 6.43. The molecule has 5 rings (SSSR count). The highest BCUT2D eigenvalue weighted by Crippen LogP contribution is 2.32. The summed E-state index contributed by atoms with van der Waals surface area (Å²) in [5.74, 6) is -2.76. The fraction of sp³-hybridized carbons (Fsp3) is 0.435. The Morgan fingerprint density at radius 2 is 1.73 bits per heavy atom. The van der Waals surface area contributed by atoms with Crippen molar-refractivity contribution in [3.05, 3.63) is 46.6 Å². The van der Waals surface area contributed by atoms with Crippen molar-refractivity contribution in [3.8, 4) is 0 Å². The molecule has 2 saturated heterocycles. The smallest absolute Gasteiger partial charge is 0.300 e. The van der Waals surface area contributed by atoms with E-state index < -0.39 is 5.92 Å². The largest absolute Gasteiger partial charge is 0.422 e. The average molecular weight is 476 g/mol. The third-order valence-electron chi connectivity index (χ3n) is 6.21. The Morgan fingerprint density at radius 1 is 1.00 bits per heavy atom. The van der Waals surface area contributed by atoms with E-state index in [2.05, 4.69) is 9.97 Å². The number of oxazole rings is 1. The number of hydrogen-bond donors (Lipinski definition) is 0. The summed E-state index contributed by atoms with van der Waals surface area (Å²) in [5, 5.41) is 0.418. The van der Waals surface area contributed by atoms with Gasteiger partial charge in [0.15, 0.2) is 5.58 Å². The maximum absolute atomic E-state index is 13.5. The first-order valence-corrected chi connectivity index (χ1v) is 11.4. The van der Waals surface area contributed by atoms with Gasteiger partial charge in [0.05, 0.1) is 0 Å². The van der Waals surface area contributed by atoms with Crippen LogP contribution in [0.1, 0.15) is 28.9 Å². The molecule has 2 aliphatic heterocycles. The van der Waals surface area contributed by atoms with E-state index in [0.29, 0.717) is 59.7 Å². The fourth-order valence-corrected chi connectivity index (χ4v) is 4.52. The summed E-state index contributed by atoms with van der Waals surface area (Å²) in [6.07, 6.45) is -0.397. The number of aromatic nitrogens is 2. The first kappa shape index (κ1) is 21.9. The van der Waals surface area contributed by atoms with Gasteiger partial charge in [0.25, 0.3) is 17.8 Å². The minimum atomic E-state index is -2.63. The number of piperidine rings is 1. The van der Waals surface area contributed by atoms with Gasteiger partial charge in [-0.2, -0.15) is 4.98 Å². The summed E-state index contributed by atoms with van der Waals surface area (Å²) in [4.78, 5) is 27.7. The number of nitrogens with zero attached hydrogens (tertiary/aromatic N) is 5. The lowest BCUT2D eigenvalue weighted by Crippen LogP contribution is -2.49. The Morgan fingerprint density at radius 3 is 2.45 bits per heavy atom. The van der Waals surface area contributed by atoms with Crippen LogP contribution in [-0.2, 0) is 0 Å². The molecule has 0 saturated carbocycles. The van der Waals surface area contributed by atoms with Crippen LogP contribution < -0.4 is 9.80 Å². The molecule has 33 heavy (non-hydrogen) atoms. The summed E-state index contributed by atoms with van der Waals surface area (Å²) in [6, 6.07) is 9.34. The number of alkyl halides is 2. The van der Waals surface area contributed by atoms with Crippen molar-refractivity contribution in [2.45, 2.75) is 25.7 Å². The molecule has 2 aromatic heterocycles. The number of carbonyl (C=O) groups is 1. The van der Waals surface area contributed by atoms with Gasteiger partial charge in [-0.25, -0.2) is 13.8 Å². The van der Waals surface area contributed by atoms with Gasteiger partial charge in [0.1, 0.15) is 0 Å². The van der Waals surface area contributed by atoms with Gasteiger partial charge in [-0.3, -0.25) is 4.79 Å². The quantitative estimate of drug-likeness (QED) is 0.560. The first-order chi connectivity index (χ1) is 15.8. The van der Waals surface area contributed by atoms with Gasteiger partial charge in [0.2, 0.25) is 5.65 Å². The summed E-state index contributed by atoms with van der Waals surface area (Å²) < 4.78 is 32.9. The van der Waals surface area contributed by atoms with Crippen LogP contribution >= 0.6 is 11.6 Å². The molecule has 0 N–H and O–H groups in total. The number of aryl methyl sites for hydroxylation is 1. The maximum Gasteiger partial charge on any atom is 0.300 e. The zero-order valence-electron chi connectivity index (χ0n) is 18.2. The van der Waals surface area contributed by atoms with E-state index >= 15 is 0 Å². The zero-order chi connectivity index (χ0) is 23.2. The van der Waals surface area contributed by atoms with Crippen molar-refractivity contribution in [1.82, 2.24) is 14.9 Å². The second-order valence-electron chi connectivity index (χ2n) is 8.59. The average Bonchev–Trinajstić information content (AvgIpc) is 3.21. The molecule has 0 atom stereocenters. The molecular formula is C23H24ClF2N5O2. The van der Waals surface area contributed by atoms with Crippen LogP contribution in [0.3, 0.4) is 0 Å². The van der Waals surface area contributed by atoms with Crippen LogP contribution in [0.4, 0.5) is 20.5 Å². The van der Waals surface area contributed by atoms with E-state index in [4.69, 9.17) is 16.0 Å². The highest BCUT2D eigenvalue weighted by molar-refractivity contribution is 6.31. The Labute approximate surface area is 194 Å². The number of anilines is 2. The van der Waals surface area contributed by atoms with Gasteiger partial charge in [-0.15, -0.1) is 0 Å². The normalized spacial score (nSPS) is 18.7. The molecule has 0 bridgehead atoms.